The molecule has 3 rings (SSSR count). The standard InChI is InChI=1S/C19H21N3O5S/c1-2-27-15-5-3-4-14(10-15)22-18(23)11-17(19(22)24)21-12-13-6-8-16(9-7-13)28(20,25)26/h3-10,17,21H,2,11-12H2,1H3,(H2,20,25,26)/p+1/t17-/m0/s1. The number of hydrogen-bond donors (Lipinski definition) is 2. The van der Waals surface area contributed by atoms with Gasteiger partial charge in [-0.15, -0.1) is 0 Å². The van der Waals surface area contributed by atoms with Gasteiger partial charge in [-0.3, -0.25) is 9.59 Å². The van der Waals surface area contributed by atoms with Crippen molar-refractivity contribution in [1.29, 1.82) is 0 Å². The van der Waals surface area contributed by atoms with E-state index in [9.17, 15) is 18.0 Å². The Bertz CT molecular complexity index is 989. The number of carbonyl (C=O) groups excluding carboxylic acids is 2. The summed E-state index contributed by atoms with van der Waals surface area (Å²) in [5.74, 6) is 0.0623. The first kappa shape index (κ1) is 20.0. The molecular formula is C19H22N3O5S+. The average Bonchev–Trinajstić information content (AvgIpc) is 2.93. The normalized spacial score (nSPS) is 17.2. The number of nitrogens with zero attached hydrogens (tertiary/aromatic N) is 1. The molecule has 0 bridgehead atoms. The number of sulfonamides is 1. The van der Waals surface area contributed by atoms with Crippen LogP contribution < -0.4 is 20.1 Å². The zero-order valence-corrected chi connectivity index (χ0v) is 16.2. The SMILES string of the molecule is CCOc1cccc(N2C(=O)C[C@H]([NH2+]Cc3ccc(S(N)(=O)=O)cc3)C2=O)c1. The third-order valence-corrected chi connectivity index (χ3v) is 5.39. The highest BCUT2D eigenvalue weighted by Gasteiger charge is 2.42. The lowest BCUT2D eigenvalue weighted by atomic mass is 10.2. The number of amides is 2. The van der Waals surface area contributed by atoms with Crippen molar-refractivity contribution in [2.75, 3.05) is 11.5 Å². The van der Waals surface area contributed by atoms with Gasteiger partial charge in [0.25, 0.3) is 5.91 Å². The third-order valence-electron chi connectivity index (χ3n) is 4.46. The first-order chi connectivity index (χ1) is 13.3. The molecule has 0 radical (unpaired) electrons. The second-order valence-corrected chi connectivity index (χ2v) is 8.00. The summed E-state index contributed by atoms with van der Waals surface area (Å²) >= 11 is 0. The van der Waals surface area contributed by atoms with Crippen LogP contribution in [0.25, 0.3) is 0 Å². The number of quaternary nitrogens is 1. The van der Waals surface area contributed by atoms with Crippen LogP contribution in [0.5, 0.6) is 5.75 Å². The quantitative estimate of drug-likeness (QED) is 0.635. The molecular weight excluding hydrogens is 382 g/mol. The summed E-state index contributed by atoms with van der Waals surface area (Å²) in [5.41, 5.74) is 1.32. The molecule has 2 aromatic rings. The number of hydrogen-bond acceptors (Lipinski definition) is 5. The van der Waals surface area contributed by atoms with Gasteiger partial charge < -0.3 is 10.1 Å². The molecule has 0 unspecified atom stereocenters. The Morgan fingerprint density at radius 1 is 1.18 bits per heavy atom. The van der Waals surface area contributed by atoms with Gasteiger partial charge in [0.15, 0.2) is 6.04 Å². The molecule has 28 heavy (non-hydrogen) atoms. The number of ether oxygens (including phenoxy) is 1. The number of imide groups is 1. The minimum absolute atomic E-state index is 0.0312. The Hall–Kier alpha value is -2.75. The maximum absolute atomic E-state index is 12.7. The van der Waals surface area contributed by atoms with Gasteiger partial charge in [-0.05, 0) is 31.2 Å². The number of carbonyl (C=O) groups is 2. The van der Waals surface area contributed by atoms with E-state index < -0.39 is 16.1 Å². The van der Waals surface area contributed by atoms with E-state index in [2.05, 4.69) is 0 Å². The minimum atomic E-state index is -3.74. The summed E-state index contributed by atoms with van der Waals surface area (Å²) in [6.07, 6.45) is 0.104. The number of nitrogens with two attached hydrogens (primary N) is 2. The lowest BCUT2D eigenvalue weighted by molar-refractivity contribution is -0.690. The van der Waals surface area contributed by atoms with Crippen LogP contribution in [0.4, 0.5) is 5.69 Å². The maximum Gasteiger partial charge on any atom is 0.292 e. The Morgan fingerprint density at radius 3 is 2.54 bits per heavy atom. The van der Waals surface area contributed by atoms with Gasteiger partial charge in [0.1, 0.15) is 12.3 Å². The van der Waals surface area contributed by atoms with Crippen LogP contribution >= 0.6 is 0 Å². The van der Waals surface area contributed by atoms with E-state index in [1.165, 1.54) is 17.0 Å². The molecule has 1 aliphatic rings. The average molecular weight is 404 g/mol. The number of rotatable bonds is 7. The molecule has 0 aliphatic carbocycles. The van der Waals surface area contributed by atoms with E-state index in [4.69, 9.17) is 9.88 Å². The number of anilines is 1. The molecule has 1 atom stereocenters. The van der Waals surface area contributed by atoms with Crippen LogP contribution in [0.1, 0.15) is 18.9 Å². The topological polar surface area (TPSA) is 123 Å². The van der Waals surface area contributed by atoms with E-state index >= 15 is 0 Å². The fraction of sp³-hybridized carbons (Fsp3) is 0.263. The van der Waals surface area contributed by atoms with Gasteiger partial charge in [0.05, 0.1) is 23.6 Å². The number of benzene rings is 2. The number of primary sulfonamides is 1. The predicted molar refractivity (Wildman–Crippen MR) is 102 cm³/mol. The maximum atomic E-state index is 12.7. The van der Waals surface area contributed by atoms with E-state index in [0.717, 1.165) is 5.56 Å². The predicted octanol–water partition coefficient (Wildman–Crippen LogP) is 0.128. The van der Waals surface area contributed by atoms with Crippen molar-refractivity contribution in [2.24, 2.45) is 5.14 Å². The fourth-order valence-corrected chi connectivity index (χ4v) is 3.60. The van der Waals surface area contributed by atoms with Crippen molar-refractivity contribution in [3.8, 4) is 5.75 Å². The molecule has 9 heteroatoms. The molecule has 1 heterocycles. The van der Waals surface area contributed by atoms with Gasteiger partial charge in [0, 0.05) is 11.6 Å². The molecule has 2 amide bonds. The first-order valence-corrected chi connectivity index (χ1v) is 10.4. The van der Waals surface area contributed by atoms with Gasteiger partial charge in [-0.2, -0.15) is 0 Å². The summed E-state index contributed by atoms with van der Waals surface area (Å²) in [7, 11) is -3.74. The Kier molecular flexibility index (Phi) is 5.78. The van der Waals surface area contributed by atoms with Crippen molar-refractivity contribution in [3.05, 3.63) is 54.1 Å². The largest absolute Gasteiger partial charge is 0.494 e. The summed E-state index contributed by atoms with van der Waals surface area (Å²) in [6.45, 7) is 2.78. The van der Waals surface area contributed by atoms with E-state index in [1.807, 2.05) is 6.92 Å². The van der Waals surface area contributed by atoms with Crippen molar-refractivity contribution in [1.82, 2.24) is 0 Å². The smallest absolute Gasteiger partial charge is 0.292 e. The molecule has 8 nitrogen and oxygen atoms in total. The van der Waals surface area contributed by atoms with Crippen molar-refractivity contribution in [2.45, 2.75) is 30.8 Å². The Balaban J connectivity index is 1.67. The van der Waals surface area contributed by atoms with E-state index in [-0.39, 0.29) is 23.1 Å². The molecule has 4 N–H and O–H groups in total. The van der Waals surface area contributed by atoms with Crippen LogP contribution in [-0.2, 0) is 26.2 Å². The van der Waals surface area contributed by atoms with Gasteiger partial charge >= 0.3 is 0 Å². The first-order valence-electron chi connectivity index (χ1n) is 8.84. The lowest BCUT2D eigenvalue weighted by Gasteiger charge is -2.15. The van der Waals surface area contributed by atoms with Crippen LogP contribution in [0.2, 0.25) is 0 Å². The zero-order valence-electron chi connectivity index (χ0n) is 15.4. The van der Waals surface area contributed by atoms with Crippen molar-refractivity contribution < 1.29 is 28.1 Å². The fourth-order valence-electron chi connectivity index (χ4n) is 3.08. The molecule has 2 aromatic carbocycles. The molecule has 0 saturated carbocycles. The van der Waals surface area contributed by atoms with Crippen molar-refractivity contribution >= 4 is 27.5 Å². The van der Waals surface area contributed by atoms with Crippen LogP contribution in [0.15, 0.2) is 53.4 Å². The highest BCUT2D eigenvalue weighted by atomic mass is 32.2. The third kappa shape index (κ3) is 4.38. The summed E-state index contributed by atoms with van der Waals surface area (Å²) < 4.78 is 28.0. The second kappa shape index (κ2) is 8.09. The second-order valence-electron chi connectivity index (χ2n) is 6.44. The zero-order chi connectivity index (χ0) is 20.3. The molecule has 1 saturated heterocycles. The van der Waals surface area contributed by atoms with Gasteiger partial charge in [0.2, 0.25) is 15.9 Å². The van der Waals surface area contributed by atoms with E-state index in [1.54, 1.807) is 41.7 Å². The van der Waals surface area contributed by atoms with Gasteiger partial charge in [-0.25, -0.2) is 18.5 Å². The Labute approximate surface area is 163 Å². The minimum Gasteiger partial charge on any atom is -0.494 e. The summed E-state index contributed by atoms with van der Waals surface area (Å²) in [6, 6.07) is 12.5. The molecule has 148 valence electrons. The highest BCUT2D eigenvalue weighted by molar-refractivity contribution is 7.89. The van der Waals surface area contributed by atoms with Crippen LogP contribution in [0, 0.1) is 0 Å². The van der Waals surface area contributed by atoms with Crippen molar-refractivity contribution in [3.63, 3.8) is 0 Å². The highest BCUT2D eigenvalue weighted by Crippen LogP contribution is 2.25. The van der Waals surface area contributed by atoms with E-state index in [0.29, 0.717) is 24.6 Å². The summed E-state index contributed by atoms with van der Waals surface area (Å²) in [4.78, 5) is 26.3. The lowest BCUT2D eigenvalue weighted by Crippen LogP contribution is -2.90. The molecule has 1 fully saturated rings. The Morgan fingerprint density at radius 2 is 1.89 bits per heavy atom. The monoisotopic (exact) mass is 404 g/mol. The molecule has 0 spiro atoms. The van der Waals surface area contributed by atoms with Gasteiger partial charge in [-0.1, -0.05) is 18.2 Å². The summed E-state index contributed by atoms with van der Waals surface area (Å²) in [5, 5.41) is 6.86. The molecule has 1 aliphatic heterocycles. The van der Waals surface area contributed by atoms with Crippen LogP contribution in [-0.4, -0.2) is 32.9 Å². The molecule has 0 aromatic heterocycles. The van der Waals surface area contributed by atoms with Crippen LogP contribution in [0.3, 0.4) is 0 Å².